The van der Waals surface area contributed by atoms with E-state index in [0.29, 0.717) is 11.6 Å². The SMILES string of the molecule is COc1ccc(Cn2cc(Cl)c(I)n2)cc1Br. The maximum Gasteiger partial charge on any atom is 0.141 e. The number of rotatable bonds is 3. The number of nitrogens with zero attached hydrogens (tertiary/aromatic N) is 2. The van der Waals surface area contributed by atoms with E-state index in [4.69, 9.17) is 16.3 Å². The molecule has 0 N–H and O–H groups in total. The largest absolute Gasteiger partial charge is 0.496 e. The van der Waals surface area contributed by atoms with Gasteiger partial charge in [-0.25, -0.2) is 0 Å². The second-order valence-electron chi connectivity index (χ2n) is 3.43. The summed E-state index contributed by atoms with van der Waals surface area (Å²) < 4.78 is 8.75. The van der Waals surface area contributed by atoms with Crippen molar-refractivity contribution in [2.75, 3.05) is 7.11 Å². The van der Waals surface area contributed by atoms with E-state index in [-0.39, 0.29) is 0 Å². The van der Waals surface area contributed by atoms with Gasteiger partial charge >= 0.3 is 0 Å². The first-order chi connectivity index (χ1) is 8.10. The number of halogens is 3. The van der Waals surface area contributed by atoms with E-state index in [1.54, 1.807) is 7.11 Å². The van der Waals surface area contributed by atoms with Crippen LogP contribution in [0.2, 0.25) is 5.02 Å². The molecule has 1 aromatic carbocycles. The second kappa shape index (κ2) is 5.58. The maximum atomic E-state index is 5.95. The third-order valence-corrected chi connectivity index (χ3v) is 4.25. The van der Waals surface area contributed by atoms with Crippen molar-refractivity contribution in [3.63, 3.8) is 0 Å². The van der Waals surface area contributed by atoms with Crippen molar-refractivity contribution < 1.29 is 4.74 Å². The highest BCUT2D eigenvalue weighted by Crippen LogP contribution is 2.26. The van der Waals surface area contributed by atoms with Crippen LogP contribution in [-0.2, 0) is 6.54 Å². The first kappa shape index (κ1) is 13.2. The van der Waals surface area contributed by atoms with Gasteiger partial charge in [0, 0.05) is 6.20 Å². The highest BCUT2D eigenvalue weighted by atomic mass is 127. The van der Waals surface area contributed by atoms with Crippen molar-refractivity contribution in [1.82, 2.24) is 9.78 Å². The Balaban J connectivity index is 2.21. The number of benzene rings is 1. The highest BCUT2D eigenvalue weighted by molar-refractivity contribution is 14.1. The van der Waals surface area contributed by atoms with Gasteiger partial charge in [0.25, 0.3) is 0 Å². The molecule has 2 rings (SSSR count). The van der Waals surface area contributed by atoms with E-state index in [0.717, 1.165) is 19.5 Å². The fourth-order valence-corrected chi connectivity index (χ4v) is 2.60. The Kier molecular flexibility index (Phi) is 4.32. The molecule has 0 amide bonds. The summed E-state index contributed by atoms with van der Waals surface area (Å²) in [5.41, 5.74) is 1.13. The van der Waals surface area contributed by atoms with Gasteiger partial charge in [-0.3, -0.25) is 4.68 Å². The molecule has 0 atom stereocenters. The van der Waals surface area contributed by atoms with Crippen LogP contribution in [0.1, 0.15) is 5.56 Å². The minimum Gasteiger partial charge on any atom is -0.496 e. The number of aromatic nitrogens is 2. The average Bonchev–Trinajstić information content (AvgIpc) is 2.58. The van der Waals surface area contributed by atoms with Crippen molar-refractivity contribution in [3.05, 3.63) is 43.2 Å². The van der Waals surface area contributed by atoms with Gasteiger partial charge in [0.15, 0.2) is 0 Å². The molecule has 0 saturated heterocycles. The highest BCUT2D eigenvalue weighted by Gasteiger charge is 2.05. The van der Waals surface area contributed by atoms with Gasteiger partial charge < -0.3 is 4.74 Å². The minimum atomic E-state index is 0.679. The van der Waals surface area contributed by atoms with Crippen molar-refractivity contribution in [2.24, 2.45) is 0 Å². The van der Waals surface area contributed by atoms with Crippen LogP contribution >= 0.6 is 50.1 Å². The van der Waals surface area contributed by atoms with Crippen LogP contribution in [-0.4, -0.2) is 16.9 Å². The Labute approximate surface area is 126 Å². The monoisotopic (exact) mass is 426 g/mol. The molecule has 1 heterocycles. The van der Waals surface area contributed by atoms with Crippen LogP contribution in [0.3, 0.4) is 0 Å². The summed E-state index contributed by atoms with van der Waals surface area (Å²) in [6.07, 6.45) is 1.82. The summed E-state index contributed by atoms with van der Waals surface area (Å²) in [5.74, 6) is 0.821. The maximum absolute atomic E-state index is 5.95. The first-order valence-electron chi connectivity index (χ1n) is 4.81. The molecule has 0 spiro atoms. The molecule has 0 aliphatic heterocycles. The zero-order chi connectivity index (χ0) is 12.4. The fraction of sp³-hybridized carbons (Fsp3) is 0.182. The van der Waals surface area contributed by atoms with E-state index in [9.17, 15) is 0 Å². The molecule has 0 aliphatic carbocycles. The molecule has 0 aliphatic rings. The molecule has 6 heteroatoms. The summed E-state index contributed by atoms with van der Waals surface area (Å²) in [7, 11) is 1.65. The molecule has 0 fully saturated rings. The molecule has 2 aromatic rings. The van der Waals surface area contributed by atoms with E-state index >= 15 is 0 Å². The minimum absolute atomic E-state index is 0.679. The molecule has 0 bridgehead atoms. The fourth-order valence-electron chi connectivity index (χ4n) is 1.45. The lowest BCUT2D eigenvalue weighted by atomic mass is 10.2. The molecule has 1 aromatic heterocycles. The summed E-state index contributed by atoms with van der Waals surface area (Å²) in [4.78, 5) is 0. The smallest absolute Gasteiger partial charge is 0.141 e. The Bertz CT molecular complexity index is 525. The molecular weight excluding hydrogens is 418 g/mol. The van der Waals surface area contributed by atoms with Crippen molar-refractivity contribution >= 4 is 50.1 Å². The summed E-state index contributed by atoms with van der Waals surface area (Å²) in [5, 5.41) is 4.98. The standard InChI is InChI=1S/C11H9BrClIN2O/c1-17-10-3-2-7(4-8(10)12)5-16-6-9(13)11(14)15-16/h2-4,6H,5H2,1H3. The predicted octanol–water partition coefficient (Wildman–Crippen LogP) is 3.96. The molecular formula is C11H9BrClIN2O. The molecule has 0 radical (unpaired) electrons. The molecule has 17 heavy (non-hydrogen) atoms. The van der Waals surface area contributed by atoms with Crippen LogP contribution in [0.15, 0.2) is 28.9 Å². The predicted molar refractivity (Wildman–Crippen MR) is 79.8 cm³/mol. The number of ether oxygens (including phenoxy) is 1. The molecule has 0 saturated carbocycles. The summed E-state index contributed by atoms with van der Waals surface area (Å²) in [6.45, 7) is 0.686. The summed E-state index contributed by atoms with van der Waals surface area (Å²) >= 11 is 11.5. The van der Waals surface area contributed by atoms with Gasteiger partial charge in [-0.05, 0) is 56.2 Å². The molecule has 0 unspecified atom stereocenters. The van der Waals surface area contributed by atoms with E-state index in [1.165, 1.54) is 0 Å². The van der Waals surface area contributed by atoms with Gasteiger partial charge in [-0.2, -0.15) is 5.10 Å². The van der Waals surface area contributed by atoms with Crippen LogP contribution in [0, 0.1) is 3.70 Å². The quantitative estimate of drug-likeness (QED) is 0.694. The second-order valence-corrected chi connectivity index (χ2v) is 5.72. The lowest BCUT2D eigenvalue weighted by Gasteiger charge is -2.06. The van der Waals surface area contributed by atoms with Gasteiger partial charge in [-0.1, -0.05) is 17.7 Å². The normalized spacial score (nSPS) is 10.6. The lowest BCUT2D eigenvalue weighted by molar-refractivity contribution is 0.412. The van der Waals surface area contributed by atoms with E-state index in [1.807, 2.05) is 29.1 Å². The van der Waals surface area contributed by atoms with Crippen molar-refractivity contribution in [1.29, 1.82) is 0 Å². The molecule has 90 valence electrons. The third-order valence-electron chi connectivity index (χ3n) is 2.24. The van der Waals surface area contributed by atoms with Gasteiger partial charge in [0.1, 0.15) is 9.45 Å². The third kappa shape index (κ3) is 3.14. The Morgan fingerprint density at radius 2 is 2.29 bits per heavy atom. The molecule has 3 nitrogen and oxygen atoms in total. The van der Waals surface area contributed by atoms with Crippen molar-refractivity contribution in [2.45, 2.75) is 6.54 Å². The first-order valence-corrected chi connectivity index (χ1v) is 7.06. The van der Waals surface area contributed by atoms with Crippen LogP contribution < -0.4 is 4.74 Å². The van der Waals surface area contributed by atoms with Crippen LogP contribution in [0.25, 0.3) is 0 Å². The zero-order valence-electron chi connectivity index (χ0n) is 8.95. The summed E-state index contributed by atoms with van der Waals surface area (Å²) in [6, 6.07) is 5.95. The lowest BCUT2D eigenvalue weighted by Crippen LogP contribution is -2.00. The number of hydrogen-bond acceptors (Lipinski definition) is 2. The Morgan fingerprint density at radius 1 is 1.53 bits per heavy atom. The number of methoxy groups -OCH3 is 1. The Morgan fingerprint density at radius 3 is 2.82 bits per heavy atom. The van der Waals surface area contributed by atoms with Crippen LogP contribution in [0.4, 0.5) is 0 Å². The number of hydrogen-bond donors (Lipinski definition) is 0. The Hall–Kier alpha value is -0.270. The average molecular weight is 427 g/mol. The zero-order valence-corrected chi connectivity index (χ0v) is 13.5. The van der Waals surface area contributed by atoms with E-state index in [2.05, 4.69) is 43.6 Å². The van der Waals surface area contributed by atoms with Crippen molar-refractivity contribution in [3.8, 4) is 5.75 Å². The van der Waals surface area contributed by atoms with Gasteiger partial charge in [-0.15, -0.1) is 0 Å². The van der Waals surface area contributed by atoms with Gasteiger partial charge in [0.05, 0.1) is 23.1 Å². The van der Waals surface area contributed by atoms with E-state index < -0.39 is 0 Å². The van der Waals surface area contributed by atoms with Gasteiger partial charge in [0.2, 0.25) is 0 Å². The van der Waals surface area contributed by atoms with Crippen LogP contribution in [0.5, 0.6) is 5.75 Å². The topological polar surface area (TPSA) is 27.1 Å².